The average Bonchev–Trinajstić information content (AvgIpc) is 2.43. The Hall–Kier alpha value is -0.910. The predicted molar refractivity (Wildman–Crippen MR) is 84.3 cm³/mol. The van der Waals surface area contributed by atoms with E-state index in [1.165, 1.54) is 0 Å². The Balaban J connectivity index is 2.34. The van der Waals surface area contributed by atoms with Crippen molar-refractivity contribution in [2.24, 2.45) is 5.73 Å². The van der Waals surface area contributed by atoms with Crippen molar-refractivity contribution in [1.29, 1.82) is 0 Å². The molecule has 3 unspecified atom stereocenters. The highest BCUT2D eigenvalue weighted by Gasteiger charge is 2.34. The van der Waals surface area contributed by atoms with Crippen molar-refractivity contribution in [1.82, 2.24) is 10.2 Å². The molecule has 110 valence electrons. The third-order valence-corrected chi connectivity index (χ3v) is 4.46. The molecular weight excluding hydrogens is 318 g/mol. The fraction of sp³-hybridized carbons (Fsp3) is 0.533. The minimum atomic E-state index is -0.148. The zero-order chi connectivity index (χ0) is 14.7. The van der Waals surface area contributed by atoms with E-state index >= 15 is 0 Å². The Morgan fingerprint density at radius 1 is 1.55 bits per heavy atom. The van der Waals surface area contributed by atoms with Crippen LogP contribution in [0.4, 0.5) is 0 Å². The van der Waals surface area contributed by atoms with E-state index in [0.29, 0.717) is 6.54 Å². The lowest BCUT2D eigenvalue weighted by Crippen LogP contribution is -2.57. The van der Waals surface area contributed by atoms with E-state index in [0.717, 1.165) is 23.0 Å². The summed E-state index contributed by atoms with van der Waals surface area (Å²) in [4.78, 5) is 14.1. The lowest BCUT2D eigenvalue weighted by molar-refractivity contribution is -0.129. The fourth-order valence-electron chi connectivity index (χ4n) is 2.78. The molecule has 3 N–H and O–H groups in total. The summed E-state index contributed by atoms with van der Waals surface area (Å²) in [7, 11) is 0. The van der Waals surface area contributed by atoms with Gasteiger partial charge in [-0.1, -0.05) is 35.0 Å². The van der Waals surface area contributed by atoms with Crippen molar-refractivity contribution in [2.75, 3.05) is 13.1 Å². The van der Waals surface area contributed by atoms with Gasteiger partial charge in [0.05, 0.1) is 12.1 Å². The number of nitrogens with zero attached hydrogens (tertiary/aromatic N) is 1. The second-order valence-electron chi connectivity index (χ2n) is 5.28. The first-order chi connectivity index (χ1) is 9.54. The SMILES string of the molecule is CCC(N)C(c1cccc(Br)c1)N1CCNC(=O)C1C. The molecule has 4 nitrogen and oxygen atoms in total. The van der Waals surface area contributed by atoms with Crippen LogP contribution in [0.5, 0.6) is 0 Å². The van der Waals surface area contributed by atoms with Crippen LogP contribution >= 0.6 is 15.9 Å². The first-order valence-electron chi connectivity index (χ1n) is 7.09. The third-order valence-electron chi connectivity index (χ3n) is 3.97. The van der Waals surface area contributed by atoms with Crippen LogP contribution in [0.2, 0.25) is 0 Å². The van der Waals surface area contributed by atoms with Gasteiger partial charge < -0.3 is 11.1 Å². The summed E-state index contributed by atoms with van der Waals surface area (Å²) >= 11 is 3.51. The quantitative estimate of drug-likeness (QED) is 0.882. The van der Waals surface area contributed by atoms with Crippen molar-refractivity contribution < 1.29 is 4.79 Å². The standard InChI is InChI=1S/C15H22BrN3O/c1-3-13(17)14(11-5-4-6-12(16)9-11)19-8-7-18-15(20)10(19)2/h4-6,9-10,13-14H,3,7-8,17H2,1-2H3,(H,18,20). The molecule has 1 saturated heterocycles. The molecule has 1 aliphatic heterocycles. The van der Waals surface area contributed by atoms with E-state index in [2.05, 4.69) is 45.2 Å². The molecule has 0 aromatic heterocycles. The van der Waals surface area contributed by atoms with Gasteiger partial charge in [0.1, 0.15) is 0 Å². The Morgan fingerprint density at radius 2 is 2.30 bits per heavy atom. The summed E-state index contributed by atoms with van der Waals surface area (Å²) in [6.07, 6.45) is 0.877. The Kier molecular flexibility index (Phi) is 5.18. The molecule has 0 saturated carbocycles. The van der Waals surface area contributed by atoms with Crippen LogP contribution in [0.15, 0.2) is 28.7 Å². The number of benzene rings is 1. The molecule has 20 heavy (non-hydrogen) atoms. The molecule has 0 radical (unpaired) electrons. The lowest BCUT2D eigenvalue weighted by Gasteiger charge is -2.41. The largest absolute Gasteiger partial charge is 0.353 e. The molecule has 0 aliphatic carbocycles. The minimum Gasteiger partial charge on any atom is -0.353 e. The van der Waals surface area contributed by atoms with Gasteiger partial charge >= 0.3 is 0 Å². The van der Waals surface area contributed by atoms with E-state index in [1.807, 2.05) is 19.1 Å². The van der Waals surface area contributed by atoms with Crippen molar-refractivity contribution >= 4 is 21.8 Å². The number of nitrogens with two attached hydrogens (primary N) is 1. The molecule has 1 heterocycles. The highest BCUT2D eigenvalue weighted by molar-refractivity contribution is 9.10. The topological polar surface area (TPSA) is 58.4 Å². The van der Waals surface area contributed by atoms with Crippen molar-refractivity contribution in [2.45, 2.75) is 38.4 Å². The van der Waals surface area contributed by atoms with Crippen LogP contribution in [0.25, 0.3) is 0 Å². The van der Waals surface area contributed by atoms with Gasteiger partial charge in [0, 0.05) is 23.6 Å². The van der Waals surface area contributed by atoms with E-state index in [1.54, 1.807) is 0 Å². The van der Waals surface area contributed by atoms with E-state index < -0.39 is 0 Å². The number of carbonyl (C=O) groups is 1. The monoisotopic (exact) mass is 339 g/mol. The summed E-state index contributed by atoms with van der Waals surface area (Å²) in [5, 5.41) is 2.91. The van der Waals surface area contributed by atoms with Crippen molar-refractivity contribution in [3.8, 4) is 0 Å². The first kappa shape index (κ1) is 15.5. The van der Waals surface area contributed by atoms with Crippen LogP contribution in [0, 0.1) is 0 Å². The van der Waals surface area contributed by atoms with Gasteiger partial charge in [-0.05, 0) is 31.0 Å². The maximum absolute atomic E-state index is 11.9. The molecule has 1 aromatic rings. The van der Waals surface area contributed by atoms with Crippen LogP contribution in [-0.4, -0.2) is 36.0 Å². The predicted octanol–water partition coefficient (Wildman–Crippen LogP) is 2.05. The fourth-order valence-corrected chi connectivity index (χ4v) is 3.20. The second-order valence-corrected chi connectivity index (χ2v) is 6.19. The number of hydrogen-bond acceptors (Lipinski definition) is 3. The summed E-state index contributed by atoms with van der Waals surface area (Å²) in [5.41, 5.74) is 7.51. The molecule has 0 spiro atoms. The molecule has 0 bridgehead atoms. The molecule has 3 atom stereocenters. The second kappa shape index (κ2) is 6.70. The Bertz CT molecular complexity index is 480. The molecule has 5 heteroatoms. The Labute approximate surface area is 128 Å². The number of rotatable bonds is 4. The summed E-state index contributed by atoms with van der Waals surface area (Å²) in [6, 6.07) is 8.14. The van der Waals surface area contributed by atoms with E-state index in [-0.39, 0.29) is 24.0 Å². The summed E-state index contributed by atoms with van der Waals surface area (Å²) in [5.74, 6) is 0.0829. The van der Waals surface area contributed by atoms with Crippen LogP contribution in [0.3, 0.4) is 0 Å². The van der Waals surface area contributed by atoms with E-state index in [4.69, 9.17) is 5.73 Å². The van der Waals surface area contributed by atoms with Crippen LogP contribution in [-0.2, 0) is 4.79 Å². The molecule has 1 fully saturated rings. The van der Waals surface area contributed by atoms with Gasteiger partial charge in [0.15, 0.2) is 0 Å². The molecule has 1 aromatic carbocycles. The van der Waals surface area contributed by atoms with Crippen LogP contribution < -0.4 is 11.1 Å². The number of amides is 1. The first-order valence-corrected chi connectivity index (χ1v) is 7.88. The number of hydrogen-bond donors (Lipinski definition) is 2. The van der Waals surface area contributed by atoms with Crippen molar-refractivity contribution in [3.63, 3.8) is 0 Å². The summed E-state index contributed by atoms with van der Waals surface area (Å²) in [6.45, 7) is 5.55. The number of halogens is 1. The molecule has 1 aliphatic rings. The lowest BCUT2D eigenvalue weighted by atomic mass is 9.94. The Morgan fingerprint density at radius 3 is 2.95 bits per heavy atom. The average molecular weight is 340 g/mol. The molecular formula is C15H22BrN3O. The molecule has 1 amide bonds. The van der Waals surface area contributed by atoms with Gasteiger partial charge in [-0.3, -0.25) is 9.69 Å². The van der Waals surface area contributed by atoms with Crippen molar-refractivity contribution in [3.05, 3.63) is 34.3 Å². The van der Waals surface area contributed by atoms with Gasteiger partial charge in [-0.15, -0.1) is 0 Å². The normalized spacial score (nSPS) is 23.2. The third kappa shape index (κ3) is 3.22. The number of carbonyl (C=O) groups excluding carboxylic acids is 1. The highest BCUT2D eigenvalue weighted by Crippen LogP contribution is 2.29. The van der Waals surface area contributed by atoms with Gasteiger partial charge in [0.2, 0.25) is 5.91 Å². The smallest absolute Gasteiger partial charge is 0.237 e. The zero-order valence-electron chi connectivity index (χ0n) is 12.0. The van der Waals surface area contributed by atoms with Gasteiger partial charge in [-0.25, -0.2) is 0 Å². The minimum absolute atomic E-state index is 0.0117. The maximum Gasteiger partial charge on any atom is 0.237 e. The van der Waals surface area contributed by atoms with Gasteiger partial charge in [0.25, 0.3) is 0 Å². The van der Waals surface area contributed by atoms with Crippen LogP contribution in [0.1, 0.15) is 31.9 Å². The number of piperazine rings is 1. The van der Waals surface area contributed by atoms with E-state index in [9.17, 15) is 4.79 Å². The molecule has 2 rings (SSSR count). The zero-order valence-corrected chi connectivity index (χ0v) is 13.6. The van der Waals surface area contributed by atoms with Gasteiger partial charge in [-0.2, -0.15) is 0 Å². The number of nitrogens with one attached hydrogen (secondary N) is 1. The summed E-state index contributed by atoms with van der Waals surface area (Å²) < 4.78 is 1.04. The highest BCUT2D eigenvalue weighted by atomic mass is 79.9. The maximum atomic E-state index is 11.9.